The Morgan fingerprint density at radius 2 is 2.14 bits per heavy atom. The van der Waals surface area contributed by atoms with Crippen LogP contribution in [-0.2, 0) is 6.54 Å². The zero-order valence-electron chi connectivity index (χ0n) is 7.57. The van der Waals surface area contributed by atoms with E-state index >= 15 is 0 Å². The van der Waals surface area contributed by atoms with E-state index in [4.69, 9.17) is 5.73 Å². The first kappa shape index (κ1) is 8.77. The number of nitrogens with two attached hydrogens (primary N) is 1. The van der Waals surface area contributed by atoms with Crippen LogP contribution in [0, 0.1) is 0 Å². The van der Waals surface area contributed by atoms with E-state index in [0.717, 1.165) is 5.69 Å². The van der Waals surface area contributed by atoms with E-state index in [1.165, 1.54) is 0 Å². The molecule has 14 heavy (non-hydrogen) atoms. The highest BCUT2D eigenvalue weighted by Gasteiger charge is 2.06. The number of hydrogen-bond donors (Lipinski definition) is 3. The number of nitrogens with zero attached hydrogens (tertiary/aromatic N) is 1. The lowest BCUT2D eigenvalue weighted by atomic mass is 10.1. The number of hydrogen-bond acceptors (Lipinski definition) is 3. The minimum atomic E-state index is 0.225. The second kappa shape index (κ2) is 3.51. The van der Waals surface area contributed by atoms with E-state index in [0.29, 0.717) is 17.8 Å². The Bertz CT molecular complexity index is 436. The quantitative estimate of drug-likeness (QED) is 0.665. The molecule has 0 bridgehead atoms. The molecule has 0 unspecified atom stereocenters. The van der Waals surface area contributed by atoms with E-state index < -0.39 is 0 Å². The molecule has 0 fully saturated rings. The van der Waals surface area contributed by atoms with E-state index in [1.54, 1.807) is 12.1 Å². The van der Waals surface area contributed by atoms with Gasteiger partial charge in [-0.1, -0.05) is 12.1 Å². The summed E-state index contributed by atoms with van der Waals surface area (Å²) in [6.07, 6.45) is 0. The molecule has 1 aromatic heterocycles. The number of phenols is 1. The van der Waals surface area contributed by atoms with Crippen LogP contribution in [0.25, 0.3) is 11.3 Å². The van der Waals surface area contributed by atoms with Crippen LogP contribution in [0.3, 0.4) is 0 Å². The van der Waals surface area contributed by atoms with Gasteiger partial charge in [-0.25, -0.2) is 0 Å². The highest BCUT2D eigenvalue weighted by molar-refractivity contribution is 5.66. The molecule has 0 atom stereocenters. The number of rotatable bonds is 2. The number of benzene rings is 1. The van der Waals surface area contributed by atoms with Gasteiger partial charge < -0.3 is 10.8 Å². The zero-order valence-corrected chi connectivity index (χ0v) is 7.57. The fourth-order valence-corrected chi connectivity index (χ4v) is 1.29. The summed E-state index contributed by atoms with van der Waals surface area (Å²) in [5.41, 5.74) is 7.72. The third kappa shape index (κ3) is 1.47. The fraction of sp³-hybridized carbons (Fsp3) is 0.100. The van der Waals surface area contributed by atoms with Crippen LogP contribution in [-0.4, -0.2) is 15.3 Å². The maximum Gasteiger partial charge on any atom is 0.125 e. The van der Waals surface area contributed by atoms with Crippen molar-refractivity contribution in [2.24, 2.45) is 5.73 Å². The summed E-state index contributed by atoms with van der Waals surface area (Å²) in [6.45, 7) is 0.417. The highest BCUT2D eigenvalue weighted by atomic mass is 16.3. The molecular weight excluding hydrogens is 178 g/mol. The van der Waals surface area contributed by atoms with Crippen molar-refractivity contribution in [1.82, 2.24) is 10.2 Å². The first-order valence-electron chi connectivity index (χ1n) is 4.34. The summed E-state index contributed by atoms with van der Waals surface area (Å²) >= 11 is 0. The molecular formula is C10H11N3O. The fourth-order valence-electron chi connectivity index (χ4n) is 1.29. The van der Waals surface area contributed by atoms with Crippen LogP contribution in [0.15, 0.2) is 30.3 Å². The Morgan fingerprint density at radius 3 is 2.79 bits per heavy atom. The van der Waals surface area contributed by atoms with Crippen molar-refractivity contribution in [3.05, 3.63) is 36.0 Å². The van der Waals surface area contributed by atoms with Crippen molar-refractivity contribution in [1.29, 1.82) is 0 Å². The monoisotopic (exact) mass is 189 g/mol. The smallest absolute Gasteiger partial charge is 0.125 e. The topological polar surface area (TPSA) is 74.9 Å². The Labute approximate surface area is 81.4 Å². The predicted octanol–water partition coefficient (Wildman–Crippen LogP) is 1.24. The highest BCUT2D eigenvalue weighted by Crippen LogP contribution is 2.26. The Hall–Kier alpha value is -1.81. The molecule has 1 heterocycles. The molecule has 72 valence electrons. The lowest BCUT2D eigenvalue weighted by Crippen LogP contribution is -1.95. The van der Waals surface area contributed by atoms with Gasteiger partial charge in [-0.2, -0.15) is 5.10 Å². The number of para-hydroxylation sites is 1. The second-order valence-corrected chi connectivity index (χ2v) is 3.00. The molecule has 4 nitrogen and oxygen atoms in total. The van der Waals surface area contributed by atoms with Gasteiger partial charge in [0.05, 0.1) is 5.69 Å². The van der Waals surface area contributed by atoms with Gasteiger partial charge in [0.25, 0.3) is 0 Å². The summed E-state index contributed by atoms with van der Waals surface area (Å²) < 4.78 is 0. The summed E-state index contributed by atoms with van der Waals surface area (Å²) in [6, 6.07) is 8.90. The molecule has 0 spiro atoms. The molecule has 2 rings (SSSR count). The lowest BCUT2D eigenvalue weighted by molar-refractivity contribution is 0.477. The Kier molecular flexibility index (Phi) is 2.20. The number of aromatic hydroxyl groups is 1. The Morgan fingerprint density at radius 1 is 1.36 bits per heavy atom. The largest absolute Gasteiger partial charge is 0.507 e. The number of aromatic nitrogens is 2. The van der Waals surface area contributed by atoms with Crippen LogP contribution in [0.4, 0.5) is 0 Å². The van der Waals surface area contributed by atoms with Gasteiger partial charge in [0.1, 0.15) is 5.75 Å². The SMILES string of the molecule is NCc1cc(-c2ccccc2O)n[nH]1. The Balaban J connectivity index is 2.44. The van der Waals surface area contributed by atoms with E-state index in [1.807, 2.05) is 18.2 Å². The maximum absolute atomic E-state index is 9.56. The van der Waals surface area contributed by atoms with E-state index in [-0.39, 0.29) is 5.75 Å². The molecule has 1 aromatic carbocycles. The molecule has 0 aliphatic carbocycles. The average molecular weight is 189 g/mol. The van der Waals surface area contributed by atoms with Crippen molar-refractivity contribution in [3.8, 4) is 17.0 Å². The van der Waals surface area contributed by atoms with E-state index in [9.17, 15) is 5.11 Å². The average Bonchev–Trinajstić information content (AvgIpc) is 2.67. The molecule has 0 radical (unpaired) electrons. The minimum Gasteiger partial charge on any atom is -0.507 e. The van der Waals surface area contributed by atoms with Crippen LogP contribution in [0.5, 0.6) is 5.75 Å². The molecule has 2 aromatic rings. The predicted molar refractivity (Wildman–Crippen MR) is 53.6 cm³/mol. The van der Waals surface area contributed by atoms with Crippen molar-refractivity contribution in [2.75, 3.05) is 0 Å². The lowest BCUT2D eigenvalue weighted by Gasteiger charge is -1.98. The molecule has 4 heteroatoms. The van der Waals surface area contributed by atoms with Crippen LogP contribution in [0.2, 0.25) is 0 Å². The summed E-state index contributed by atoms with van der Waals surface area (Å²) in [7, 11) is 0. The number of aromatic amines is 1. The molecule has 0 aliphatic heterocycles. The standard InChI is InChI=1S/C10H11N3O/c11-6-7-5-9(13-12-7)8-3-1-2-4-10(8)14/h1-5,14H,6,11H2,(H,12,13). The van der Waals surface area contributed by atoms with Crippen LogP contribution >= 0.6 is 0 Å². The van der Waals surface area contributed by atoms with Gasteiger partial charge in [-0.05, 0) is 18.2 Å². The zero-order chi connectivity index (χ0) is 9.97. The van der Waals surface area contributed by atoms with Crippen molar-refractivity contribution in [3.63, 3.8) is 0 Å². The van der Waals surface area contributed by atoms with Crippen molar-refractivity contribution < 1.29 is 5.11 Å². The molecule has 0 amide bonds. The van der Waals surface area contributed by atoms with Crippen LogP contribution < -0.4 is 5.73 Å². The third-order valence-corrected chi connectivity index (χ3v) is 2.03. The summed E-state index contributed by atoms with van der Waals surface area (Å²) in [5.74, 6) is 0.225. The van der Waals surface area contributed by atoms with Gasteiger partial charge in [0, 0.05) is 17.8 Å². The first-order chi connectivity index (χ1) is 6.81. The second-order valence-electron chi connectivity index (χ2n) is 3.00. The molecule has 0 saturated heterocycles. The summed E-state index contributed by atoms with van der Waals surface area (Å²) in [4.78, 5) is 0. The minimum absolute atomic E-state index is 0.225. The molecule has 0 saturated carbocycles. The number of H-pyrrole nitrogens is 1. The third-order valence-electron chi connectivity index (χ3n) is 2.03. The van der Waals surface area contributed by atoms with Gasteiger partial charge in [-0.3, -0.25) is 5.10 Å². The van der Waals surface area contributed by atoms with Crippen molar-refractivity contribution >= 4 is 0 Å². The van der Waals surface area contributed by atoms with Gasteiger partial charge >= 0.3 is 0 Å². The summed E-state index contributed by atoms with van der Waals surface area (Å²) in [5, 5.41) is 16.4. The first-order valence-corrected chi connectivity index (χ1v) is 4.34. The normalized spacial score (nSPS) is 10.4. The number of nitrogens with one attached hydrogen (secondary N) is 1. The van der Waals surface area contributed by atoms with Crippen molar-refractivity contribution in [2.45, 2.75) is 6.54 Å². The van der Waals surface area contributed by atoms with Gasteiger partial charge in [0.15, 0.2) is 0 Å². The van der Waals surface area contributed by atoms with Gasteiger partial charge in [0.2, 0.25) is 0 Å². The number of phenolic OH excluding ortho intramolecular Hbond substituents is 1. The van der Waals surface area contributed by atoms with Crippen LogP contribution in [0.1, 0.15) is 5.69 Å². The van der Waals surface area contributed by atoms with E-state index in [2.05, 4.69) is 10.2 Å². The molecule has 0 aliphatic rings. The molecule has 4 N–H and O–H groups in total. The van der Waals surface area contributed by atoms with Gasteiger partial charge in [-0.15, -0.1) is 0 Å². The maximum atomic E-state index is 9.56.